The van der Waals surface area contributed by atoms with Gasteiger partial charge in [-0.2, -0.15) is 0 Å². The Kier molecular flexibility index (Phi) is 6.87. The predicted octanol–water partition coefficient (Wildman–Crippen LogP) is 3.07. The van der Waals surface area contributed by atoms with E-state index in [0.717, 1.165) is 29.9 Å². The van der Waals surface area contributed by atoms with Crippen molar-refractivity contribution in [3.63, 3.8) is 0 Å². The first kappa shape index (κ1) is 18.5. The Labute approximate surface area is 133 Å². The highest BCUT2D eigenvalue weighted by atomic mass is 16.6. The molecule has 0 spiro atoms. The van der Waals surface area contributed by atoms with Crippen LogP contribution in [0, 0.1) is 13.8 Å². The van der Waals surface area contributed by atoms with Crippen LogP contribution in [0.1, 0.15) is 57.6 Å². The number of amides is 1. The fourth-order valence-electron chi connectivity index (χ4n) is 2.15. The summed E-state index contributed by atoms with van der Waals surface area (Å²) in [6.45, 7) is 12.7. The van der Waals surface area contributed by atoms with Gasteiger partial charge in [-0.25, -0.2) is 4.79 Å². The summed E-state index contributed by atoms with van der Waals surface area (Å²) in [6.07, 6.45) is 1.63. The highest BCUT2D eigenvalue weighted by Crippen LogP contribution is 2.12. The predicted molar refractivity (Wildman–Crippen MR) is 85.7 cm³/mol. The number of rotatable bonds is 7. The summed E-state index contributed by atoms with van der Waals surface area (Å²) >= 11 is 0. The minimum atomic E-state index is -0.478. The van der Waals surface area contributed by atoms with Crippen LogP contribution >= 0.6 is 0 Å². The minimum Gasteiger partial charge on any atom is -0.444 e. The Morgan fingerprint density at radius 1 is 1.36 bits per heavy atom. The summed E-state index contributed by atoms with van der Waals surface area (Å²) < 4.78 is 10.4. The second-order valence-corrected chi connectivity index (χ2v) is 6.55. The second-order valence-electron chi connectivity index (χ2n) is 6.55. The average Bonchev–Trinajstić information content (AvgIpc) is 2.71. The fourth-order valence-corrected chi connectivity index (χ4v) is 2.15. The smallest absolute Gasteiger partial charge is 0.407 e. The monoisotopic (exact) mass is 311 g/mol. The first-order valence-electron chi connectivity index (χ1n) is 7.85. The normalized spacial score (nSPS) is 13.0. The number of aryl methyl sites for hydroxylation is 2. The Bertz CT molecular complexity index is 458. The molecule has 22 heavy (non-hydrogen) atoms. The van der Waals surface area contributed by atoms with E-state index in [9.17, 15) is 4.79 Å². The van der Waals surface area contributed by atoms with Crippen LogP contribution in [-0.2, 0) is 11.3 Å². The van der Waals surface area contributed by atoms with Crippen LogP contribution in [0.25, 0.3) is 0 Å². The number of hydrogen-bond acceptors (Lipinski definition) is 5. The molecule has 1 heterocycles. The van der Waals surface area contributed by atoms with E-state index in [1.165, 1.54) is 0 Å². The van der Waals surface area contributed by atoms with Crippen molar-refractivity contribution >= 4 is 6.09 Å². The standard InChI is InChI=1S/C16H29N3O3/c1-7-8-13(9-18-15(20)21-16(4,5)6)17-10-14-11(2)19-22-12(14)3/h13,17H,7-10H2,1-6H3,(H,18,20). The molecule has 0 aliphatic rings. The first-order chi connectivity index (χ1) is 10.2. The van der Waals surface area contributed by atoms with Crippen molar-refractivity contribution in [1.82, 2.24) is 15.8 Å². The van der Waals surface area contributed by atoms with E-state index in [-0.39, 0.29) is 12.1 Å². The van der Waals surface area contributed by atoms with Gasteiger partial charge in [0.15, 0.2) is 0 Å². The number of carbonyl (C=O) groups is 1. The molecule has 0 radical (unpaired) electrons. The number of nitrogens with one attached hydrogen (secondary N) is 2. The third kappa shape index (κ3) is 6.47. The topological polar surface area (TPSA) is 76.4 Å². The van der Waals surface area contributed by atoms with Gasteiger partial charge < -0.3 is 19.9 Å². The average molecular weight is 311 g/mol. The molecule has 126 valence electrons. The molecule has 0 bridgehead atoms. The van der Waals surface area contributed by atoms with E-state index < -0.39 is 5.60 Å². The highest BCUT2D eigenvalue weighted by molar-refractivity contribution is 5.67. The molecule has 0 saturated carbocycles. The summed E-state index contributed by atoms with van der Waals surface area (Å²) in [6, 6.07) is 0.186. The quantitative estimate of drug-likeness (QED) is 0.809. The van der Waals surface area contributed by atoms with E-state index in [1.54, 1.807) is 0 Å². The maximum atomic E-state index is 11.7. The van der Waals surface area contributed by atoms with E-state index in [4.69, 9.17) is 9.26 Å². The zero-order valence-corrected chi connectivity index (χ0v) is 14.6. The van der Waals surface area contributed by atoms with Gasteiger partial charge in [0, 0.05) is 24.7 Å². The lowest BCUT2D eigenvalue weighted by Crippen LogP contribution is -2.42. The van der Waals surface area contributed by atoms with Crippen molar-refractivity contribution in [3.05, 3.63) is 17.0 Å². The molecule has 1 amide bonds. The van der Waals surface area contributed by atoms with Crippen LogP contribution in [0.3, 0.4) is 0 Å². The molecule has 1 aromatic rings. The summed E-state index contributed by atoms with van der Waals surface area (Å²) in [4.78, 5) is 11.7. The van der Waals surface area contributed by atoms with Crippen LogP contribution in [-0.4, -0.2) is 29.4 Å². The van der Waals surface area contributed by atoms with Gasteiger partial charge in [0.1, 0.15) is 11.4 Å². The zero-order chi connectivity index (χ0) is 16.8. The third-order valence-corrected chi connectivity index (χ3v) is 3.28. The molecule has 0 saturated heterocycles. The summed E-state index contributed by atoms with van der Waals surface area (Å²) in [5, 5.41) is 10.2. The van der Waals surface area contributed by atoms with Gasteiger partial charge in [0.05, 0.1) is 5.69 Å². The summed E-state index contributed by atoms with van der Waals surface area (Å²) in [5.74, 6) is 0.834. The summed E-state index contributed by atoms with van der Waals surface area (Å²) in [7, 11) is 0. The molecular formula is C16H29N3O3. The molecule has 1 atom stereocenters. The molecule has 1 aromatic heterocycles. The van der Waals surface area contributed by atoms with Gasteiger partial charge in [0.2, 0.25) is 0 Å². The van der Waals surface area contributed by atoms with Crippen LogP contribution in [0.4, 0.5) is 4.79 Å². The van der Waals surface area contributed by atoms with E-state index in [0.29, 0.717) is 13.1 Å². The van der Waals surface area contributed by atoms with Crippen molar-refractivity contribution in [2.45, 2.75) is 72.6 Å². The molecule has 1 unspecified atom stereocenters. The fraction of sp³-hybridized carbons (Fsp3) is 0.750. The Morgan fingerprint density at radius 3 is 2.55 bits per heavy atom. The molecule has 0 aliphatic carbocycles. The van der Waals surface area contributed by atoms with Crippen molar-refractivity contribution < 1.29 is 14.1 Å². The number of carbonyl (C=O) groups excluding carboxylic acids is 1. The number of ether oxygens (including phenoxy) is 1. The SMILES string of the molecule is CCCC(CNC(=O)OC(C)(C)C)NCc1c(C)noc1C. The van der Waals surface area contributed by atoms with Crippen molar-refractivity contribution in [3.8, 4) is 0 Å². The second kappa shape index (κ2) is 8.17. The first-order valence-corrected chi connectivity index (χ1v) is 7.85. The molecular weight excluding hydrogens is 282 g/mol. The van der Waals surface area contributed by atoms with Crippen molar-refractivity contribution in [2.75, 3.05) is 6.54 Å². The number of aromatic nitrogens is 1. The van der Waals surface area contributed by atoms with Crippen molar-refractivity contribution in [2.24, 2.45) is 0 Å². The number of hydrogen-bond donors (Lipinski definition) is 2. The minimum absolute atomic E-state index is 0.186. The van der Waals surface area contributed by atoms with Crippen LogP contribution in [0.2, 0.25) is 0 Å². The van der Waals surface area contributed by atoms with Gasteiger partial charge in [-0.3, -0.25) is 0 Å². The van der Waals surface area contributed by atoms with Gasteiger partial charge in [-0.15, -0.1) is 0 Å². The van der Waals surface area contributed by atoms with Crippen LogP contribution in [0.5, 0.6) is 0 Å². The number of nitrogens with zero attached hydrogens (tertiary/aromatic N) is 1. The Morgan fingerprint density at radius 2 is 2.05 bits per heavy atom. The molecule has 0 aromatic carbocycles. The Balaban J connectivity index is 2.47. The molecule has 6 nitrogen and oxygen atoms in total. The molecule has 1 rings (SSSR count). The maximum Gasteiger partial charge on any atom is 0.407 e. The summed E-state index contributed by atoms with van der Waals surface area (Å²) in [5.41, 5.74) is 1.51. The molecule has 6 heteroatoms. The number of alkyl carbamates (subject to hydrolysis) is 1. The van der Waals surface area contributed by atoms with Crippen molar-refractivity contribution in [1.29, 1.82) is 0 Å². The highest BCUT2D eigenvalue weighted by Gasteiger charge is 2.18. The molecule has 0 fully saturated rings. The maximum absolute atomic E-state index is 11.7. The molecule has 0 aliphatic heterocycles. The van der Waals surface area contributed by atoms with Crippen LogP contribution in [0.15, 0.2) is 4.52 Å². The van der Waals surface area contributed by atoms with Gasteiger partial charge in [-0.1, -0.05) is 18.5 Å². The van der Waals surface area contributed by atoms with Gasteiger partial charge in [0.25, 0.3) is 0 Å². The molecule has 2 N–H and O–H groups in total. The van der Waals surface area contributed by atoms with E-state index in [2.05, 4.69) is 22.7 Å². The zero-order valence-electron chi connectivity index (χ0n) is 14.6. The Hall–Kier alpha value is -1.56. The van der Waals surface area contributed by atoms with Gasteiger partial charge >= 0.3 is 6.09 Å². The lowest BCUT2D eigenvalue weighted by molar-refractivity contribution is 0.0521. The lowest BCUT2D eigenvalue weighted by atomic mass is 10.1. The lowest BCUT2D eigenvalue weighted by Gasteiger charge is -2.22. The van der Waals surface area contributed by atoms with E-state index in [1.807, 2.05) is 34.6 Å². The van der Waals surface area contributed by atoms with E-state index >= 15 is 0 Å². The van der Waals surface area contributed by atoms with Crippen LogP contribution < -0.4 is 10.6 Å². The largest absolute Gasteiger partial charge is 0.444 e. The third-order valence-electron chi connectivity index (χ3n) is 3.28. The van der Waals surface area contributed by atoms with Gasteiger partial charge in [-0.05, 0) is 41.0 Å².